The van der Waals surface area contributed by atoms with Crippen molar-refractivity contribution in [2.45, 2.75) is 13.0 Å². The lowest BCUT2D eigenvalue weighted by molar-refractivity contribution is 0.0940. The number of carbonyl (C=O) groups is 1. The van der Waals surface area contributed by atoms with E-state index in [1.54, 1.807) is 30.3 Å². The SMILES string of the molecule is CC(NC(=O)c1cccc(-n2cnnn2)c1)c1ccc(C#N)cc1. The number of hydrogen-bond acceptors (Lipinski definition) is 5. The first kappa shape index (κ1) is 15.4. The lowest BCUT2D eigenvalue weighted by atomic mass is 10.1. The van der Waals surface area contributed by atoms with Gasteiger partial charge in [-0.25, -0.2) is 4.68 Å². The topological polar surface area (TPSA) is 96.5 Å². The van der Waals surface area contributed by atoms with Gasteiger partial charge in [0.15, 0.2) is 0 Å². The van der Waals surface area contributed by atoms with Crippen molar-refractivity contribution in [2.75, 3.05) is 0 Å². The van der Waals surface area contributed by atoms with E-state index < -0.39 is 0 Å². The third kappa shape index (κ3) is 3.28. The summed E-state index contributed by atoms with van der Waals surface area (Å²) in [5, 5.41) is 22.7. The molecule has 1 amide bonds. The Morgan fingerprint density at radius 1 is 1.25 bits per heavy atom. The third-order valence-corrected chi connectivity index (χ3v) is 3.61. The fraction of sp³-hybridized carbons (Fsp3) is 0.118. The molecule has 0 aliphatic rings. The first-order valence-corrected chi connectivity index (χ1v) is 7.32. The second-order valence-corrected chi connectivity index (χ2v) is 5.23. The molecule has 1 atom stereocenters. The molecular weight excluding hydrogens is 304 g/mol. The highest BCUT2D eigenvalue weighted by atomic mass is 16.1. The standard InChI is InChI=1S/C17H14N6O/c1-12(14-7-5-13(10-18)6-8-14)20-17(24)15-3-2-4-16(9-15)23-11-19-21-22-23/h2-9,11-12H,1H3,(H,20,24). The minimum absolute atomic E-state index is 0.179. The largest absolute Gasteiger partial charge is 0.346 e. The van der Waals surface area contributed by atoms with Crippen molar-refractivity contribution in [1.82, 2.24) is 25.5 Å². The Labute approximate surface area is 138 Å². The summed E-state index contributed by atoms with van der Waals surface area (Å²) >= 11 is 0. The number of hydrogen-bond donors (Lipinski definition) is 1. The van der Waals surface area contributed by atoms with Crippen LogP contribution in [0.3, 0.4) is 0 Å². The van der Waals surface area contributed by atoms with Gasteiger partial charge in [0, 0.05) is 5.56 Å². The van der Waals surface area contributed by atoms with Gasteiger partial charge in [-0.2, -0.15) is 5.26 Å². The fourth-order valence-electron chi connectivity index (χ4n) is 2.28. The molecule has 0 bridgehead atoms. The molecule has 1 aromatic heterocycles. The van der Waals surface area contributed by atoms with E-state index in [0.717, 1.165) is 5.56 Å². The molecule has 0 radical (unpaired) electrons. The molecule has 1 unspecified atom stereocenters. The smallest absolute Gasteiger partial charge is 0.251 e. The van der Waals surface area contributed by atoms with E-state index in [4.69, 9.17) is 5.26 Å². The summed E-state index contributed by atoms with van der Waals surface area (Å²) in [6, 6.07) is 16.1. The molecule has 2 aromatic carbocycles. The van der Waals surface area contributed by atoms with Gasteiger partial charge in [0.25, 0.3) is 5.91 Å². The lowest BCUT2D eigenvalue weighted by Crippen LogP contribution is -2.26. The Bertz CT molecular complexity index is 880. The normalized spacial score (nSPS) is 11.5. The molecule has 0 fully saturated rings. The maximum absolute atomic E-state index is 12.4. The van der Waals surface area contributed by atoms with Gasteiger partial charge in [-0.1, -0.05) is 18.2 Å². The molecule has 7 nitrogen and oxygen atoms in total. The summed E-state index contributed by atoms with van der Waals surface area (Å²) in [5.74, 6) is -0.193. The maximum Gasteiger partial charge on any atom is 0.251 e. The van der Waals surface area contributed by atoms with Crippen LogP contribution in [-0.2, 0) is 0 Å². The van der Waals surface area contributed by atoms with E-state index in [1.165, 1.54) is 11.0 Å². The van der Waals surface area contributed by atoms with Crippen molar-refractivity contribution >= 4 is 5.91 Å². The molecule has 118 valence electrons. The number of amides is 1. The Kier molecular flexibility index (Phi) is 4.29. The highest BCUT2D eigenvalue weighted by Gasteiger charge is 2.12. The summed E-state index contributed by atoms with van der Waals surface area (Å²) < 4.78 is 1.49. The van der Waals surface area contributed by atoms with Crippen molar-refractivity contribution in [2.24, 2.45) is 0 Å². The summed E-state index contributed by atoms with van der Waals surface area (Å²) in [6.45, 7) is 1.89. The molecule has 0 spiro atoms. The first-order chi connectivity index (χ1) is 11.7. The summed E-state index contributed by atoms with van der Waals surface area (Å²) in [7, 11) is 0. The molecule has 7 heteroatoms. The van der Waals surface area contributed by atoms with Crippen LogP contribution in [0.25, 0.3) is 5.69 Å². The molecule has 3 rings (SSSR count). The van der Waals surface area contributed by atoms with Crippen molar-refractivity contribution in [3.05, 3.63) is 71.5 Å². The number of tetrazole rings is 1. The van der Waals surface area contributed by atoms with Crippen LogP contribution in [0.5, 0.6) is 0 Å². The van der Waals surface area contributed by atoms with E-state index in [-0.39, 0.29) is 11.9 Å². The van der Waals surface area contributed by atoms with Gasteiger partial charge in [-0.15, -0.1) is 5.10 Å². The number of rotatable bonds is 4. The van der Waals surface area contributed by atoms with Crippen LogP contribution in [-0.4, -0.2) is 26.1 Å². The minimum atomic E-state index is -0.193. The third-order valence-electron chi connectivity index (χ3n) is 3.61. The van der Waals surface area contributed by atoms with Crippen LogP contribution in [0.15, 0.2) is 54.9 Å². The quantitative estimate of drug-likeness (QED) is 0.794. The average molecular weight is 318 g/mol. The Morgan fingerprint density at radius 3 is 2.71 bits per heavy atom. The summed E-state index contributed by atoms with van der Waals surface area (Å²) in [5.41, 5.74) is 2.74. The van der Waals surface area contributed by atoms with Crippen molar-refractivity contribution in [3.63, 3.8) is 0 Å². The number of nitriles is 1. The molecule has 1 N–H and O–H groups in total. The zero-order valence-electron chi connectivity index (χ0n) is 12.9. The van der Waals surface area contributed by atoms with E-state index in [2.05, 4.69) is 26.9 Å². The minimum Gasteiger partial charge on any atom is -0.346 e. The summed E-state index contributed by atoms with van der Waals surface area (Å²) in [6.07, 6.45) is 1.47. The highest BCUT2D eigenvalue weighted by molar-refractivity contribution is 5.95. The number of aromatic nitrogens is 4. The van der Waals surface area contributed by atoms with Gasteiger partial charge in [-0.3, -0.25) is 4.79 Å². The average Bonchev–Trinajstić information content (AvgIpc) is 3.16. The first-order valence-electron chi connectivity index (χ1n) is 7.32. The summed E-state index contributed by atoms with van der Waals surface area (Å²) in [4.78, 5) is 12.4. The second-order valence-electron chi connectivity index (χ2n) is 5.23. The molecule has 1 heterocycles. The lowest BCUT2D eigenvalue weighted by Gasteiger charge is -2.15. The van der Waals surface area contributed by atoms with Gasteiger partial charge in [0.05, 0.1) is 23.4 Å². The van der Waals surface area contributed by atoms with E-state index in [9.17, 15) is 4.79 Å². The molecule has 0 aliphatic heterocycles. The molecule has 0 saturated carbocycles. The Morgan fingerprint density at radius 2 is 2.04 bits per heavy atom. The number of carbonyl (C=O) groups excluding carboxylic acids is 1. The van der Waals surface area contributed by atoms with Gasteiger partial charge in [0.2, 0.25) is 0 Å². The van der Waals surface area contributed by atoms with Crippen LogP contribution in [0.4, 0.5) is 0 Å². The van der Waals surface area contributed by atoms with Crippen LogP contribution in [0.2, 0.25) is 0 Å². The Hall–Kier alpha value is -3.53. The number of nitrogens with zero attached hydrogens (tertiary/aromatic N) is 5. The van der Waals surface area contributed by atoms with Gasteiger partial charge < -0.3 is 5.32 Å². The van der Waals surface area contributed by atoms with Crippen molar-refractivity contribution in [3.8, 4) is 11.8 Å². The predicted octanol–water partition coefficient (Wildman–Crippen LogP) is 2.02. The van der Waals surface area contributed by atoms with Crippen LogP contribution < -0.4 is 5.32 Å². The zero-order valence-corrected chi connectivity index (χ0v) is 12.9. The highest BCUT2D eigenvalue weighted by Crippen LogP contribution is 2.15. The van der Waals surface area contributed by atoms with E-state index in [0.29, 0.717) is 16.8 Å². The predicted molar refractivity (Wildman–Crippen MR) is 86.2 cm³/mol. The molecule has 3 aromatic rings. The zero-order chi connectivity index (χ0) is 16.9. The van der Waals surface area contributed by atoms with E-state index in [1.807, 2.05) is 25.1 Å². The maximum atomic E-state index is 12.4. The van der Waals surface area contributed by atoms with Crippen LogP contribution in [0, 0.1) is 11.3 Å². The van der Waals surface area contributed by atoms with Crippen molar-refractivity contribution < 1.29 is 4.79 Å². The van der Waals surface area contributed by atoms with Crippen LogP contribution in [0.1, 0.15) is 34.5 Å². The van der Waals surface area contributed by atoms with E-state index >= 15 is 0 Å². The monoisotopic (exact) mass is 318 g/mol. The van der Waals surface area contributed by atoms with Crippen LogP contribution >= 0.6 is 0 Å². The molecule has 0 aliphatic carbocycles. The molecule has 24 heavy (non-hydrogen) atoms. The number of benzene rings is 2. The second kappa shape index (κ2) is 6.71. The van der Waals surface area contributed by atoms with Gasteiger partial charge in [0.1, 0.15) is 6.33 Å². The molecule has 0 saturated heterocycles. The number of nitrogens with one attached hydrogen (secondary N) is 1. The Balaban J connectivity index is 1.74. The van der Waals surface area contributed by atoms with Gasteiger partial charge in [-0.05, 0) is 53.2 Å². The van der Waals surface area contributed by atoms with Crippen molar-refractivity contribution in [1.29, 1.82) is 5.26 Å². The van der Waals surface area contributed by atoms with Gasteiger partial charge >= 0.3 is 0 Å². The fourth-order valence-corrected chi connectivity index (χ4v) is 2.28. The molecular formula is C17H14N6O.